The van der Waals surface area contributed by atoms with Crippen LogP contribution in [0.5, 0.6) is 0 Å². The summed E-state index contributed by atoms with van der Waals surface area (Å²) in [6.07, 6.45) is 4.22. The van der Waals surface area contributed by atoms with E-state index in [0.717, 1.165) is 31.4 Å². The fraction of sp³-hybridized carbons (Fsp3) is 0.500. The van der Waals surface area contributed by atoms with Crippen LogP contribution in [0.2, 0.25) is 0 Å². The van der Waals surface area contributed by atoms with Gasteiger partial charge in [-0.1, -0.05) is 25.8 Å². The Kier molecular flexibility index (Phi) is 4.35. The monoisotopic (exact) mass is 268 g/mol. The number of urea groups is 1. The molecule has 2 atom stereocenters. The molecule has 1 aromatic carbocycles. The molecule has 19 heavy (non-hydrogen) atoms. The fourth-order valence-electron chi connectivity index (χ4n) is 2.47. The maximum absolute atomic E-state index is 13.4. The molecule has 1 aromatic rings. The molecular weight excluding hydrogens is 250 g/mol. The van der Waals surface area contributed by atoms with E-state index in [4.69, 9.17) is 0 Å². The second kappa shape index (κ2) is 5.99. The predicted octanol–water partition coefficient (Wildman–Crippen LogP) is 3.67. The number of anilines is 1. The molecule has 3 nitrogen and oxygen atoms in total. The van der Waals surface area contributed by atoms with Crippen LogP contribution in [0.15, 0.2) is 18.2 Å². The maximum atomic E-state index is 13.4. The van der Waals surface area contributed by atoms with E-state index in [0.29, 0.717) is 5.92 Å². The molecule has 0 saturated heterocycles. The number of hydrogen-bond donors (Lipinski definition) is 2. The minimum absolute atomic E-state index is 0.0728. The van der Waals surface area contributed by atoms with Crippen LogP contribution < -0.4 is 10.6 Å². The highest BCUT2D eigenvalue weighted by Gasteiger charge is 2.23. The minimum Gasteiger partial charge on any atom is -0.335 e. The number of halogens is 2. The van der Waals surface area contributed by atoms with E-state index >= 15 is 0 Å². The predicted molar refractivity (Wildman–Crippen MR) is 69.9 cm³/mol. The average Bonchev–Trinajstić information content (AvgIpc) is 2.37. The van der Waals surface area contributed by atoms with Crippen LogP contribution in [0, 0.1) is 17.6 Å². The summed E-state index contributed by atoms with van der Waals surface area (Å²) in [6, 6.07) is 3.01. The van der Waals surface area contributed by atoms with Crippen LogP contribution >= 0.6 is 0 Å². The Bertz CT molecular complexity index is 445. The molecule has 0 spiro atoms. The third-order valence-corrected chi connectivity index (χ3v) is 3.63. The van der Waals surface area contributed by atoms with E-state index in [-0.39, 0.29) is 6.04 Å². The second-order valence-corrected chi connectivity index (χ2v) is 5.06. The van der Waals surface area contributed by atoms with E-state index < -0.39 is 23.4 Å². The van der Waals surface area contributed by atoms with Gasteiger partial charge in [0.15, 0.2) is 0 Å². The number of rotatable bonds is 2. The SMILES string of the molecule is CC1CCCCC1NC(=O)Nc1c(F)cccc1F. The Hall–Kier alpha value is -1.65. The van der Waals surface area contributed by atoms with Crippen molar-refractivity contribution >= 4 is 11.7 Å². The van der Waals surface area contributed by atoms with Gasteiger partial charge in [-0.15, -0.1) is 0 Å². The lowest BCUT2D eigenvalue weighted by Crippen LogP contribution is -2.43. The summed E-state index contributed by atoms with van der Waals surface area (Å²) in [5, 5.41) is 5.03. The maximum Gasteiger partial charge on any atom is 0.319 e. The van der Waals surface area contributed by atoms with Gasteiger partial charge in [0, 0.05) is 6.04 Å². The lowest BCUT2D eigenvalue weighted by atomic mass is 9.86. The quantitative estimate of drug-likeness (QED) is 0.844. The summed E-state index contributed by atoms with van der Waals surface area (Å²) < 4.78 is 26.8. The molecule has 1 aliphatic rings. The van der Waals surface area contributed by atoms with E-state index in [2.05, 4.69) is 17.6 Å². The first kappa shape index (κ1) is 13.8. The normalized spacial score (nSPS) is 22.9. The molecule has 104 valence electrons. The average molecular weight is 268 g/mol. The van der Waals surface area contributed by atoms with Gasteiger partial charge in [0.1, 0.15) is 17.3 Å². The van der Waals surface area contributed by atoms with Crippen molar-refractivity contribution in [2.75, 3.05) is 5.32 Å². The van der Waals surface area contributed by atoms with Gasteiger partial charge >= 0.3 is 6.03 Å². The Morgan fingerprint density at radius 3 is 2.47 bits per heavy atom. The Morgan fingerprint density at radius 2 is 1.84 bits per heavy atom. The van der Waals surface area contributed by atoms with Crippen molar-refractivity contribution in [3.63, 3.8) is 0 Å². The third kappa shape index (κ3) is 3.43. The van der Waals surface area contributed by atoms with E-state index in [1.165, 1.54) is 12.5 Å². The first-order valence-corrected chi connectivity index (χ1v) is 6.59. The van der Waals surface area contributed by atoms with Crippen molar-refractivity contribution in [3.05, 3.63) is 29.8 Å². The van der Waals surface area contributed by atoms with Crippen LogP contribution in [-0.4, -0.2) is 12.1 Å². The molecule has 2 N–H and O–H groups in total. The summed E-state index contributed by atoms with van der Waals surface area (Å²) in [5.41, 5.74) is -0.400. The number of para-hydroxylation sites is 1. The first-order valence-electron chi connectivity index (χ1n) is 6.59. The molecule has 0 aliphatic heterocycles. The van der Waals surface area contributed by atoms with Gasteiger partial charge in [-0.2, -0.15) is 0 Å². The lowest BCUT2D eigenvalue weighted by Gasteiger charge is -2.29. The van der Waals surface area contributed by atoms with Crippen LogP contribution in [0.3, 0.4) is 0 Å². The number of nitrogens with one attached hydrogen (secondary N) is 2. The van der Waals surface area contributed by atoms with Gasteiger partial charge in [0.05, 0.1) is 0 Å². The number of hydrogen-bond acceptors (Lipinski definition) is 1. The number of amides is 2. The van der Waals surface area contributed by atoms with Gasteiger partial charge in [-0.3, -0.25) is 0 Å². The molecule has 2 rings (SSSR count). The molecule has 1 fully saturated rings. The van der Waals surface area contributed by atoms with Crippen molar-refractivity contribution in [2.24, 2.45) is 5.92 Å². The van der Waals surface area contributed by atoms with Gasteiger partial charge in [0.2, 0.25) is 0 Å². The molecular formula is C14H18F2N2O. The van der Waals surface area contributed by atoms with Crippen molar-refractivity contribution in [3.8, 4) is 0 Å². The number of carbonyl (C=O) groups excluding carboxylic acids is 1. The van der Waals surface area contributed by atoms with Crippen molar-refractivity contribution in [2.45, 2.75) is 38.6 Å². The molecule has 5 heteroatoms. The highest BCUT2D eigenvalue weighted by atomic mass is 19.1. The highest BCUT2D eigenvalue weighted by molar-refractivity contribution is 5.89. The molecule has 0 heterocycles. The molecule has 0 radical (unpaired) electrons. The van der Waals surface area contributed by atoms with Crippen LogP contribution in [0.25, 0.3) is 0 Å². The topological polar surface area (TPSA) is 41.1 Å². The number of carbonyl (C=O) groups is 1. The molecule has 0 aromatic heterocycles. The van der Waals surface area contributed by atoms with Gasteiger partial charge in [-0.05, 0) is 30.9 Å². The Morgan fingerprint density at radius 1 is 1.21 bits per heavy atom. The summed E-state index contributed by atoms with van der Waals surface area (Å²) in [4.78, 5) is 11.8. The summed E-state index contributed by atoms with van der Waals surface area (Å²) in [6.45, 7) is 2.08. The van der Waals surface area contributed by atoms with Crippen LogP contribution in [0.4, 0.5) is 19.3 Å². The third-order valence-electron chi connectivity index (χ3n) is 3.63. The van der Waals surface area contributed by atoms with Gasteiger partial charge in [0.25, 0.3) is 0 Å². The summed E-state index contributed by atoms with van der Waals surface area (Å²) in [7, 11) is 0. The number of benzene rings is 1. The zero-order chi connectivity index (χ0) is 13.8. The zero-order valence-electron chi connectivity index (χ0n) is 10.9. The van der Waals surface area contributed by atoms with Gasteiger partial charge < -0.3 is 10.6 Å². The fourth-order valence-corrected chi connectivity index (χ4v) is 2.47. The van der Waals surface area contributed by atoms with E-state index in [1.807, 2.05) is 0 Å². The Balaban J connectivity index is 1.97. The Labute approximate surface area is 111 Å². The molecule has 0 bridgehead atoms. The van der Waals surface area contributed by atoms with Crippen molar-refractivity contribution < 1.29 is 13.6 Å². The van der Waals surface area contributed by atoms with Gasteiger partial charge in [-0.25, -0.2) is 13.6 Å². The lowest BCUT2D eigenvalue weighted by molar-refractivity contribution is 0.232. The van der Waals surface area contributed by atoms with Crippen LogP contribution in [-0.2, 0) is 0 Å². The largest absolute Gasteiger partial charge is 0.335 e. The van der Waals surface area contributed by atoms with Crippen molar-refractivity contribution in [1.82, 2.24) is 5.32 Å². The minimum atomic E-state index is -0.771. The highest BCUT2D eigenvalue weighted by Crippen LogP contribution is 2.24. The van der Waals surface area contributed by atoms with Crippen molar-refractivity contribution in [1.29, 1.82) is 0 Å². The van der Waals surface area contributed by atoms with E-state index in [9.17, 15) is 13.6 Å². The second-order valence-electron chi connectivity index (χ2n) is 5.06. The smallest absolute Gasteiger partial charge is 0.319 e. The van der Waals surface area contributed by atoms with Crippen LogP contribution in [0.1, 0.15) is 32.6 Å². The standard InChI is InChI=1S/C14H18F2N2O/c1-9-5-2-3-8-12(9)17-14(19)18-13-10(15)6-4-7-11(13)16/h4,6-7,9,12H,2-3,5,8H2,1H3,(H2,17,18,19). The summed E-state index contributed by atoms with van der Waals surface area (Å²) >= 11 is 0. The first-order chi connectivity index (χ1) is 9.08. The molecule has 2 unspecified atom stereocenters. The molecule has 1 aliphatic carbocycles. The van der Waals surface area contributed by atoms with E-state index in [1.54, 1.807) is 0 Å². The zero-order valence-corrected chi connectivity index (χ0v) is 10.9. The molecule has 2 amide bonds. The molecule has 1 saturated carbocycles. The summed E-state index contributed by atoms with van der Waals surface area (Å²) in [5.74, 6) is -1.15.